The number of aromatic nitrogens is 2. The molecule has 0 radical (unpaired) electrons. The van der Waals surface area contributed by atoms with Crippen LogP contribution in [-0.2, 0) is 6.42 Å². The quantitative estimate of drug-likeness (QED) is 0.708. The second kappa shape index (κ2) is 4.57. The average Bonchev–Trinajstić information content (AvgIpc) is 2.85. The number of nitrogens with zero attached hydrogens (tertiary/aromatic N) is 3. The van der Waals surface area contributed by atoms with Gasteiger partial charge in [-0.25, -0.2) is 0 Å². The van der Waals surface area contributed by atoms with Gasteiger partial charge in [0.15, 0.2) is 5.82 Å². The molecular weight excluding hydrogens is 190 g/mol. The van der Waals surface area contributed by atoms with Crippen molar-refractivity contribution in [1.82, 2.24) is 15.0 Å². The maximum Gasteiger partial charge on any atom is 0.226 e. The van der Waals surface area contributed by atoms with E-state index in [1.165, 1.54) is 6.42 Å². The summed E-state index contributed by atoms with van der Waals surface area (Å²) in [6.07, 6.45) is 5.06. The van der Waals surface area contributed by atoms with Gasteiger partial charge in [0.05, 0.1) is 6.04 Å². The highest BCUT2D eigenvalue weighted by molar-refractivity contribution is 4.99. The van der Waals surface area contributed by atoms with E-state index in [-0.39, 0.29) is 0 Å². The lowest BCUT2D eigenvalue weighted by molar-refractivity contribution is 0.266. The highest BCUT2D eigenvalue weighted by Crippen LogP contribution is 2.29. The van der Waals surface area contributed by atoms with Crippen molar-refractivity contribution in [2.45, 2.75) is 32.2 Å². The third kappa shape index (κ3) is 2.09. The van der Waals surface area contributed by atoms with Gasteiger partial charge in [0.1, 0.15) is 0 Å². The van der Waals surface area contributed by atoms with Crippen molar-refractivity contribution in [1.29, 1.82) is 0 Å². The fourth-order valence-corrected chi connectivity index (χ4v) is 2.05. The van der Waals surface area contributed by atoms with Gasteiger partial charge < -0.3 is 4.52 Å². The van der Waals surface area contributed by atoms with Crippen molar-refractivity contribution in [3.05, 3.63) is 24.4 Å². The van der Waals surface area contributed by atoms with Crippen molar-refractivity contribution >= 4 is 0 Å². The first-order valence-corrected chi connectivity index (χ1v) is 5.52. The van der Waals surface area contributed by atoms with E-state index in [1.807, 2.05) is 13.0 Å². The molecule has 1 aliphatic rings. The molecule has 1 saturated heterocycles. The highest BCUT2D eigenvalue weighted by atomic mass is 16.5. The van der Waals surface area contributed by atoms with Crippen LogP contribution in [0.25, 0.3) is 0 Å². The van der Waals surface area contributed by atoms with Crippen LogP contribution >= 0.6 is 0 Å². The summed E-state index contributed by atoms with van der Waals surface area (Å²) in [6.45, 7) is 7.80. The Hall–Kier alpha value is -1.16. The zero-order chi connectivity index (χ0) is 10.7. The molecule has 0 aliphatic carbocycles. The molecule has 4 nitrogen and oxygen atoms in total. The molecule has 1 aliphatic heterocycles. The van der Waals surface area contributed by atoms with Crippen LogP contribution in [0.15, 0.2) is 17.2 Å². The van der Waals surface area contributed by atoms with Crippen molar-refractivity contribution in [3.8, 4) is 0 Å². The largest absolute Gasteiger partial charge is 0.339 e. The lowest BCUT2D eigenvalue weighted by Gasteiger charge is -2.19. The number of likely N-dealkylation sites (tertiary alicyclic amines) is 1. The highest BCUT2D eigenvalue weighted by Gasteiger charge is 2.28. The number of rotatable bonds is 4. The molecule has 0 spiro atoms. The molecule has 0 N–H and O–H groups in total. The van der Waals surface area contributed by atoms with Crippen LogP contribution in [0.2, 0.25) is 0 Å². The van der Waals surface area contributed by atoms with Gasteiger partial charge in [-0.05, 0) is 19.4 Å². The molecule has 0 bridgehead atoms. The average molecular weight is 207 g/mol. The Balaban J connectivity index is 2.11. The summed E-state index contributed by atoms with van der Waals surface area (Å²) in [5.74, 6) is 1.57. The fraction of sp³-hybridized carbons (Fsp3) is 0.636. The predicted octanol–water partition coefficient (Wildman–Crippen LogP) is 1.95. The van der Waals surface area contributed by atoms with Crippen LogP contribution < -0.4 is 0 Å². The molecule has 0 aromatic carbocycles. The third-order valence-electron chi connectivity index (χ3n) is 2.81. The van der Waals surface area contributed by atoms with E-state index in [9.17, 15) is 0 Å². The normalized spacial score (nSPS) is 22.1. The Labute approximate surface area is 90.0 Å². The van der Waals surface area contributed by atoms with Crippen LogP contribution in [0, 0.1) is 0 Å². The third-order valence-corrected chi connectivity index (χ3v) is 2.81. The molecule has 82 valence electrons. The Morgan fingerprint density at radius 2 is 2.53 bits per heavy atom. The lowest BCUT2D eigenvalue weighted by Crippen LogP contribution is -2.23. The zero-order valence-electron chi connectivity index (χ0n) is 9.15. The Kier molecular flexibility index (Phi) is 3.16. The molecule has 1 aromatic rings. The minimum atomic E-state index is 0.326. The van der Waals surface area contributed by atoms with Crippen molar-refractivity contribution < 1.29 is 4.52 Å². The summed E-state index contributed by atoms with van der Waals surface area (Å²) < 4.78 is 5.14. The van der Waals surface area contributed by atoms with Crippen LogP contribution in [0.4, 0.5) is 0 Å². The van der Waals surface area contributed by atoms with Crippen LogP contribution in [-0.4, -0.2) is 28.1 Å². The van der Waals surface area contributed by atoms with E-state index in [1.54, 1.807) is 0 Å². The van der Waals surface area contributed by atoms with E-state index in [0.29, 0.717) is 6.04 Å². The predicted molar refractivity (Wildman–Crippen MR) is 57.4 cm³/mol. The van der Waals surface area contributed by atoms with Crippen molar-refractivity contribution in [3.63, 3.8) is 0 Å². The molecule has 1 atom stereocenters. The monoisotopic (exact) mass is 207 g/mol. The summed E-state index contributed by atoms with van der Waals surface area (Å²) in [5, 5.41) is 4.04. The molecule has 1 aromatic heterocycles. The van der Waals surface area contributed by atoms with Crippen molar-refractivity contribution in [2.75, 3.05) is 13.1 Å². The molecule has 15 heavy (non-hydrogen) atoms. The summed E-state index contributed by atoms with van der Waals surface area (Å²) in [4.78, 5) is 6.73. The van der Waals surface area contributed by atoms with Gasteiger partial charge >= 0.3 is 0 Å². The van der Waals surface area contributed by atoms with Gasteiger partial charge in [0.25, 0.3) is 0 Å². The van der Waals surface area contributed by atoms with Crippen LogP contribution in [0.5, 0.6) is 0 Å². The van der Waals surface area contributed by atoms with Gasteiger partial charge in [-0.2, -0.15) is 4.98 Å². The summed E-state index contributed by atoms with van der Waals surface area (Å²) >= 11 is 0. The van der Waals surface area contributed by atoms with E-state index in [0.717, 1.165) is 37.6 Å². The number of hydrogen-bond acceptors (Lipinski definition) is 4. The Bertz CT molecular complexity index is 334. The van der Waals surface area contributed by atoms with E-state index < -0.39 is 0 Å². The first-order valence-electron chi connectivity index (χ1n) is 5.52. The molecular formula is C11H17N3O. The molecule has 1 fully saturated rings. The fourth-order valence-electron chi connectivity index (χ4n) is 2.05. The molecule has 0 unspecified atom stereocenters. The maximum atomic E-state index is 5.14. The summed E-state index contributed by atoms with van der Waals surface area (Å²) in [5.41, 5.74) is 0. The first-order chi connectivity index (χ1) is 7.35. The first kappa shape index (κ1) is 10.4. The summed E-state index contributed by atoms with van der Waals surface area (Å²) in [7, 11) is 0. The molecule has 0 saturated carbocycles. The molecule has 4 heteroatoms. The zero-order valence-corrected chi connectivity index (χ0v) is 9.15. The van der Waals surface area contributed by atoms with E-state index in [2.05, 4.69) is 21.6 Å². The maximum absolute atomic E-state index is 5.14. The van der Waals surface area contributed by atoms with Gasteiger partial charge in [-0.1, -0.05) is 18.2 Å². The summed E-state index contributed by atoms with van der Waals surface area (Å²) in [6, 6.07) is 0.326. The SMILES string of the molecule is C=CCN1CCC[C@H]1c1noc(CC)n1. The van der Waals surface area contributed by atoms with Gasteiger partial charge in [-0.15, -0.1) is 6.58 Å². The topological polar surface area (TPSA) is 42.2 Å². The van der Waals surface area contributed by atoms with E-state index in [4.69, 9.17) is 4.52 Å². The smallest absolute Gasteiger partial charge is 0.226 e. The standard InChI is InChI=1S/C11H17N3O/c1-3-7-14-8-5-6-9(14)11-12-10(4-2)15-13-11/h3,9H,1,4-8H2,2H3/t9-/m0/s1. The Morgan fingerprint density at radius 1 is 1.67 bits per heavy atom. The minimum Gasteiger partial charge on any atom is -0.339 e. The second-order valence-corrected chi connectivity index (χ2v) is 3.84. The van der Waals surface area contributed by atoms with E-state index >= 15 is 0 Å². The second-order valence-electron chi connectivity index (χ2n) is 3.84. The molecule has 0 amide bonds. The van der Waals surface area contributed by atoms with Crippen LogP contribution in [0.1, 0.15) is 37.5 Å². The minimum absolute atomic E-state index is 0.326. The number of hydrogen-bond donors (Lipinski definition) is 0. The van der Waals surface area contributed by atoms with Gasteiger partial charge in [-0.3, -0.25) is 4.90 Å². The van der Waals surface area contributed by atoms with Gasteiger partial charge in [0, 0.05) is 13.0 Å². The van der Waals surface area contributed by atoms with Crippen LogP contribution in [0.3, 0.4) is 0 Å². The number of aryl methyl sites for hydroxylation is 1. The van der Waals surface area contributed by atoms with Gasteiger partial charge in [0.2, 0.25) is 5.89 Å². The lowest BCUT2D eigenvalue weighted by atomic mass is 10.2. The molecule has 2 heterocycles. The van der Waals surface area contributed by atoms with Crippen molar-refractivity contribution in [2.24, 2.45) is 0 Å². The Morgan fingerprint density at radius 3 is 3.20 bits per heavy atom. The molecule has 2 rings (SSSR count).